The minimum absolute atomic E-state index is 0.575. The Labute approximate surface area is 139 Å². The van der Waals surface area contributed by atoms with Crippen molar-refractivity contribution >= 4 is 0 Å². The van der Waals surface area contributed by atoms with Crippen LogP contribution in [-0.2, 0) is 11.3 Å². The van der Waals surface area contributed by atoms with Gasteiger partial charge >= 0.3 is 0 Å². The standard InChI is InChI=1S/C20H28N2O/c1-14(2)17-11-10-15(3)18-19(17)21-22(12-13-23-4)20(18)16-8-6-5-7-9-16/h5-9,14-15,17H,10-13H2,1-4H3/t15-,17+/m1/s1. The Kier molecular flexibility index (Phi) is 4.86. The molecule has 124 valence electrons. The highest BCUT2D eigenvalue weighted by Crippen LogP contribution is 2.45. The van der Waals surface area contributed by atoms with Crippen molar-refractivity contribution < 1.29 is 4.74 Å². The molecule has 1 aliphatic carbocycles. The lowest BCUT2D eigenvalue weighted by molar-refractivity contribution is 0.183. The molecule has 3 heteroatoms. The molecule has 0 fully saturated rings. The van der Waals surface area contributed by atoms with Crippen molar-refractivity contribution in [2.45, 2.75) is 52.0 Å². The zero-order chi connectivity index (χ0) is 16.4. The van der Waals surface area contributed by atoms with Crippen molar-refractivity contribution in [2.24, 2.45) is 5.92 Å². The number of hydrogen-bond acceptors (Lipinski definition) is 2. The Balaban J connectivity index is 2.15. The van der Waals surface area contributed by atoms with Crippen LogP contribution in [0.25, 0.3) is 11.3 Å². The first-order valence-electron chi connectivity index (χ1n) is 8.78. The largest absolute Gasteiger partial charge is 0.383 e. The number of rotatable bonds is 5. The molecule has 0 saturated carbocycles. The fourth-order valence-corrected chi connectivity index (χ4v) is 3.85. The monoisotopic (exact) mass is 312 g/mol. The van der Waals surface area contributed by atoms with E-state index < -0.39 is 0 Å². The molecule has 1 heterocycles. The third-order valence-corrected chi connectivity index (χ3v) is 5.13. The molecule has 2 aromatic rings. The number of methoxy groups -OCH3 is 1. The Morgan fingerprint density at radius 3 is 2.61 bits per heavy atom. The van der Waals surface area contributed by atoms with Crippen LogP contribution in [0.2, 0.25) is 0 Å². The number of aromatic nitrogens is 2. The average molecular weight is 312 g/mol. The van der Waals surface area contributed by atoms with Crippen molar-refractivity contribution in [3.63, 3.8) is 0 Å². The molecular weight excluding hydrogens is 284 g/mol. The third kappa shape index (κ3) is 3.07. The fourth-order valence-electron chi connectivity index (χ4n) is 3.85. The molecule has 0 amide bonds. The van der Waals surface area contributed by atoms with Gasteiger partial charge in [0.05, 0.1) is 24.5 Å². The SMILES string of the molecule is COCCn1nc2c(c1-c1ccccc1)[C@H](C)CC[C@H]2C(C)C. The molecule has 23 heavy (non-hydrogen) atoms. The minimum Gasteiger partial charge on any atom is -0.383 e. The van der Waals surface area contributed by atoms with Gasteiger partial charge in [-0.2, -0.15) is 5.10 Å². The molecule has 0 saturated heterocycles. The van der Waals surface area contributed by atoms with E-state index >= 15 is 0 Å². The molecule has 2 atom stereocenters. The van der Waals surface area contributed by atoms with Crippen LogP contribution in [0.3, 0.4) is 0 Å². The van der Waals surface area contributed by atoms with Crippen LogP contribution in [0.4, 0.5) is 0 Å². The van der Waals surface area contributed by atoms with Gasteiger partial charge in [-0.25, -0.2) is 0 Å². The number of fused-ring (bicyclic) bond motifs is 1. The summed E-state index contributed by atoms with van der Waals surface area (Å²) in [6.45, 7) is 8.50. The van der Waals surface area contributed by atoms with Crippen LogP contribution in [-0.4, -0.2) is 23.5 Å². The smallest absolute Gasteiger partial charge is 0.0721 e. The zero-order valence-corrected chi connectivity index (χ0v) is 14.7. The Bertz CT molecular complexity index is 645. The molecule has 1 aromatic heterocycles. The first-order valence-corrected chi connectivity index (χ1v) is 8.78. The number of ether oxygens (including phenoxy) is 1. The van der Waals surface area contributed by atoms with Crippen LogP contribution < -0.4 is 0 Å². The van der Waals surface area contributed by atoms with Gasteiger partial charge in [-0.1, -0.05) is 51.1 Å². The summed E-state index contributed by atoms with van der Waals surface area (Å²) in [5.74, 6) is 1.79. The van der Waals surface area contributed by atoms with E-state index in [1.54, 1.807) is 7.11 Å². The highest BCUT2D eigenvalue weighted by Gasteiger charge is 2.33. The van der Waals surface area contributed by atoms with E-state index in [2.05, 4.69) is 55.8 Å². The summed E-state index contributed by atoms with van der Waals surface area (Å²) in [5, 5.41) is 5.05. The summed E-state index contributed by atoms with van der Waals surface area (Å²) >= 11 is 0. The predicted molar refractivity (Wildman–Crippen MR) is 94.8 cm³/mol. The van der Waals surface area contributed by atoms with E-state index in [4.69, 9.17) is 9.84 Å². The maximum Gasteiger partial charge on any atom is 0.0721 e. The number of nitrogens with zero attached hydrogens (tertiary/aromatic N) is 2. The van der Waals surface area contributed by atoms with Gasteiger partial charge in [-0.15, -0.1) is 0 Å². The second-order valence-corrected chi connectivity index (χ2v) is 7.06. The molecule has 1 aromatic carbocycles. The molecule has 0 aliphatic heterocycles. The number of benzene rings is 1. The van der Waals surface area contributed by atoms with E-state index in [1.165, 1.54) is 35.4 Å². The second kappa shape index (κ2) is 6.88. The summed E-state index contributed by atoms with van der Waals surface area (Å²) in [4.78, 5) is 0. The molecule has 1 aliphatic rings. The summed E-state index contributed by atoms with van der Waals surface area (Å²) in [7, 11) is 1.76. The van der Waals surface area contributed by atoms with E-state index in [9.17, 15) is 0 Å². The normalized spacial score (nSPS) is 20.7. The molecule has 3 rings (SSSR count). The summed E-state index contributed by atoms with van der Waals surface area (Å²) in [6, 6.07) is 10.7. The van der Waals surface area contributed by atoms with Crippen molar-refractivity contribution in [3.05, 3.63) is 41.6 Å². The Morgan fingerprint density at radius 1 is 1.22 bits per heavy atom. The van der Waals surface area contributed by atoms with Gasteiger partial charge in [0.15, 0.2) is 0 Å². The predicted octanol–water partition coefficient (Wildman–Crippen LogP) is 4.83. The zero-order valence-electron chi connectivity index (χ0n) is 14.7. The highest BCUT2D eigenvalue weighted by molar-refractivity contribution is 5.66. The van der Waals surface area contributed by atoms with Crippen molar-refractivity contribution in [1.29, 1.82) is 0 Å². The fraction of sp³-hybridized carbons (Fsp3) is 0.550. The van der Waals surface area contributed by atoms with Crippen LogP contribution in [0.1, 0.15) is 56.7 Å². The summed E-state index contributed by atoms with van der Waals surface area (Å²) in [6.07, 6.45) is 2.51. The van der Waals surface area contributed by atoms with Gasteiger partial charge in [0, 0.05) is 24.2 Å². The summed E-state index contributed by atoms with van der Waals surface area (Å²) in [5.41, 5.74) is 5.37. The van der Waals surface area contributed by atoms with E-state index in [-0.39, 0.29) is 0 Å². The van der Waals surface area contributed by atoms with Crippen molar-refractivity contribution in [1.82, 2.24) is 9.78 Å². The van der Waals surface area contributed by atoms with E-state index in [1.807, 2.05) is 0 Å². The molecule has 3 nitrogen and oxygen atoms in total. The van der Waals surface area contributed by atoms with Gasteiger partial charge < -0.3 is 4.74 Å². The van der Waals surface area contributed by atoms with E-state index in [0.29, 0.717) is 24.4 Å². The topological polar surface area (TPSA) is 27.1 Å². The number of hydrogen-bond donors (Lipinski definition) is 0. The van der Waals surface area contributed by atoms with Crippen molar-refractivity contribution in [2.75, 3.05) is 13.7 Å². The third-order valence-electron chi connectivity index (χ3n) is 5.13. The lowest BCUT2D eigenvalue weighted by Crippen LogP contribution is -2.16. The van der Waals surface area contributed by atoms with Crippen molar-refractivity contribution in [3.8, 4) is 11.3 Å². The van der Waals surface area contributed by atoms with Crippen LogP contribution >= 0.6 is 0 Å². The van der Waals surface area contributed by atoms with Crippen LogP contribution in [0.5, 0.6) is 0 Å². The molecular formula is C20H28N2O. The average Bonchev–Trinajstić information content (AvgIpc) is 2.93. The first kappa shape index (κ1) is 16.3. The van der Waals surface area contributed by atoms with Gasteiger partial charge in [-0.3, -0.25) is 4.68 Å². The molecule has 0 N–H and O–H groups in total. The van der Waals surface area contributed by atoms with Gasteiger partial charge in [0.1, 0.15) is 0 Å². The summed E-state index contributed by atoms with van der Waals surface area (Å²) < 4.78 is 7.49. The molecule has 0 spiro atoms. The van der Waals surface area contributed by atoms with Gasteiger partial charge in [-0.05, 0) is 24.7 Å². The molecule has 0 unspecified atom stereocenters. The maximum atomic E-state index is 5.31. The van der Waals surface area contributed by atoms with Crippen LogP contribution in [0.15, 0.2) is 30.3 Å². The lowest BCUT2D eigenvalue weighted by atomic mass is 9.75. The minimum atomic E-state index is 0.575. The van der Waals surface area contributed by atoms with Crippen LogP contribution in [0, 0.1) is 5.92 Å². The highest BCUT2D eigenvalue weighted by atomic mass is 16.5. The van der Waals surface area contributed by atoms with Gasteiger partial charge in [0.2, 0.25) is 0 Å². The molecule has 0 radical (unpaired) electrons. The first-order chi connectivity index (χ1) is 11.1. The van der Waals surface area contributed by atoms with E-state index in [0.717, 1.165) is 6.54 Å². The Morgan fingerprint density at radius 2 is 1.96 bits per heavy atom. The maximum absolute atomic E-state index is 5.31. The second-order valence-electron chi connectivity index (χ2n) is 7.06. The molecule has 0 bridgehead atoms. The van der Waals surface area contributed by atoms with Gasteiger partial charge in [0.25, 0.3) is 0 Å². The lowest BCUT2D eigenvalue weighted by Gasteiger charge is -2.29. The quantitative estimate of drug-likeness (QED) is 0.790. The Hall–Kier alpha value is -1.61.